The zero-order valence-corrected chi connectivity index (χ0v) is 5.71. The Morgan fingerprint density at radius 3 is 2.50 bits per heavy atom. The van der Waals surface area contributed by atoms with Gasteiger partial charge in [0.15, 0.2) is 0 Å². The number of hydrogen-bond donors (Lipinski definition) is 0. The number of rotatable bonds is 1. The lowest BCUT2D eigenvalue weighted by Crippen LogP contribution is -1.97. The van der Waals surface area contributed by atoms with Crippen LogP contribution in [0, 0.1) is 0 Å². The van der Waals surface area contributed by atoms with Crippen LogP contribution in [0.4, 0.5) is 0 Å². The van der Waals surface area contributed by atoms with Crippen LogP contribution in [0.1, 0.15) is 0 Å². The van der Waals surface area contributed by atoms with Gasteiger partial charge in [-0.05, 0) is 12.1 Å². The summed E-state index contributed by atoms with van der Waals surface area (Å²) in [6.45, 7) is 0. The Balaban J connectivity index is 3.22. The fraction of sp³-hybridized carbons (Fsp3) is 0. The summed E-state index contributed by atoms with van der Waals surface area (Å²) in [5, 5.41) is 0. The molecule has 1 aromatic rings. The summed E-state index contributed by atoms with van der Waals surface area (Å²) in [5.41, 5.74) is 0. The average molecular weight is 158 g/mol. The van der Waals surface area contributed by atoms with Crippen molar-refractivity contribution in [2.75, 3.05) is 0 Å². The second-order valence-corrected chi connectivity index (χ2v) is 3.02. The topological polar surface area (TPSA) is 70.1 Å². The van der Waals surface area contributed by atoms with Gasteiger partial charge >= 0.3 is 0 Å². The Labute approximate surface area is 58.3 Å². The van der Waals surface area contributed by atoms with Gasteiger partial charge < -0.3 is 4.55 Å². The number of hydrogen-bond acceptors (Lipinski definition) is 4. The van der Waals surface area contributed by atoms with Crippen LogP contribution in [0.25, 0.3) is 0 Å². The lowest BCUT2D eigenvalue weighted by molar-refractivity contribution is 0.462. The smallest absolute Gasteiger partial charge is 0.125 e. The zero-order chi connectivity index (χ0) is 7.61. The molecule has 0 unspecified atom stereocenters. The molecule has 1 heterocycles. The molecule has 0 bridgehead atoms. The van der Waals surface area contributed by atoms with Crippen molar-refractivity contribution in [2.45, 2.75) is 4.90 Å². The molecule has 1 aromatic heterocycles. The quantitative estimate of drug-likeness (QED) is 0.539. The second-order valence-electron chi connectivity index (χ2n) is 1.64. The molecule has 4 nitrogen and oxygen atoms in total. The van der Waals surface area contributed by atoms with Crippen LogP contribution >= 0.6 is 0 Å². The van der Waals surface area contributed by atoms with Crippen LogP contribution in [-0.2, 0) is 10.1 Å². The van der Waals surface area contributed by atoms with Gasteiger partial charge in [0.05, 0.1) is 4.90 Å². The molecule has 0 N–H and O–H groups in total. The normalized spacial score (nSPS) is 11.3. The highest BCUT2D eigenvalue weighted by atomic mass is 32.2. The number of aromatic nitrogens is 1. The molecule has 0 atom stereocenters. The average Bonchev–Trinajstić information content (AvgIpc) is 1.88. The summed E-state index contributed by atoms with van der Waals surface area (Å²) in [4.78, 5) is 3.18. The zero-order valence-electron chi connectivity index (χ0n) is 4.89. The van der Waals surface area contributed by atoms with Gasteiger partial charge in [-0.1, -0.05) is 0 Å². The maximum Gasteiger partial charge on any atom is 0.125 e. The van der Waals surface area contributed by atoms with E-state index in [-0.39, 0.29) is 4.90 Å². The maximum absolute atomic E-state index is 10.2. The molecule has 0 amide bonds. The third-order valence-electron chi connectivity index (χ3n) is 0.923. The van der Waals surface area contributed by atoms with E-state index in [9.17, 15) is 13.0 Å². The Bertz CT molecular complexity index is 305. The monoisotopic (exact) mass is 158 g/mol. The van der Waals surface area contributed by atoms with E-state index in [1.165, 1.54) is 18.3 Å². The fourth-order valence-corrected chi connectivity index (χ4v) is 0.930. The highest BCUT2D eigenvalue weighted by Gasteiger charge is 1.96. The van der Waals surface area contributed by atoms with Crippen molar-refractivity contribution in [3.05, 3.63) is 24.5 Å². The van der Waals surface area contributed by atoms with E-state index < -0.39 is 10.1 Å². The fourth-order valence-electron chi connectivity index (χ4n) is 0.495. The summed E-state index contributed by atoms with van der Waals surface area (Å²) in [6, 6.07) is 2.60. The Morgan fingerprint density at radius 2 is 2.20 bits per heavy atom. The van der Waals surface area contributed by atoms with Crippen LogP contribution in [0.15, 0.2) is 29.4 Å². The Hall–Kier alpha value is -0.940. The van der Waals surface area contributed by atoms with Crippen molar-refractivity contribution in [3.63, 3.8) is 0 Å². The molecular formula is C5H4NO3S-. The summed E-state index contributed by atoms with van der Waals surface area (Å²) in [5.74, 6) is 0. The molecule has 5 heteroatoms. The van der Waals surface area contributed by atoms with Crippen molar-refractivity contribution in [2.24, 2.45) is 0 Å². The van der Waals surface area contributed by atoms with Gasteiger partial charge in [0.1, 0.15) is 10.1 Å². The molecule has 0 aliphatic rings. The van der Waals surface area contributed by atoms with Gasteiger partial charge in [-0.15, -0.1) is 0 Å². The first-order chi connectivity index (χ1) is 4.61. The third kappa shape index (κ3) is 1.52. The van der Waals surface area contributed by atoms with Crippen molar-refractivity contribution in [1.29, 1.82) is 0 Å². The van der Waals surface area contributed by atoms with Crippen LogP contribution in [0.3, 0.4) is 0 Å². The van der Waals surface area contributed by atoms with Crippen LogP contribution < -0.4 is 0 Å². The molecule has 1 rings (SSSR count). The van der Waals surface area contributed by atoms with Crippen molar-refractivity contribution >= 4 is 10.1 Å². The summed E-state index contributed by atoms with van der Waals surface area (Å²) < 4.78 is 30.7. The first-order valence-electron chi connectivity index (χ1n) is 2.46. The molecule has 0 fully saturated rings. The van der Waals surface area contributed by atoms with Gasteiger partial charge in [-0.2, -0.15) is 0 Å². The first-order valence-corrected chi connectivity index (χ1v) is 3.87. The van der Waals surface area contributed by atoms with Crippen LogP contribution in [-0.4, -0.2) is 18.0 Å². The Morgan fingerprint density at radius 1 is 1.50 bits per heavy atom. The molecule has 0 aliphatic heterocycles. The molecular weight excluding hydrogens is 154 g/mol. The minimum atomic E-state index is -4.32. The lowest BCUT2D eigenvalue weighted by Gasteiger charge is -2.03. The standard InChI is InChI=1S/C5H5NO3S/c7-10(8,9)5-2-1-3-6-4-5/h1-4H,(H,7,8,9)/p-1. The molecule has 0 saturated heterocycles. The summed E-state index contributed by atoms with van der Waals surface area (Å²) >= 11 is 0. The van der Waals surface area contributed by atoms with E-state index in [0.29, 0.717) is 0 Å². The van der Waals surface area contributed by atoms with E-state index in [2.05, 4.69) is 4.98 Å². The van der Waals surface area contributed by atoms with Crippen molar-refractivity contribution < 1.29 is 13.0 Å². The second kappa shape index (κ2) is 2.36. The van der Waals surface area contributed by atoms with Crippen LogP contribution in [0.2, 0.25) is 0 Å². The number of pyridine rings is 1. The van der Waals surface area contributed by atoms with Gasteiger partial charge in [-0.3, -0.25) is 4.98 Å². The van der Waals surface area contributed by atoms with E-state index in [1.54, 1.807) is 0 Å². The predicted molar refractivity (Wildman–Crippen MR) is 32.2 cm³/mol. The predicted octanol–water partition coefficient (Wildman–Crippen LogP) is -0.0143. The van der Waals surface area contributed by atoms with Gasteiger partial charge in [0.25, 0.3) is 0 Å². The molecule has 0 saturated carbocycles. The van der Waals surface area contributed by atoms with E-state index >= 15 is 0 Å². The highest BCUT2D eigenvalue weighted by molar-refractivity contribution is 7.85. The number of nitrogens with zero attached hydrogens (tertiary/aromatic N) is 1. The maximum atomic E-state index is 10.2. The van der Waals surface area contributed by atoms with Gasteiger partial charge in [0, 0.05) is 12.4 Å². The van der Waals surface area contributed by atoms with Gasteiger partial charge in [-0.25, -0.2) is 8.42 Å². The third-order valence-corrected chi connectivity index (χ3v) is 1.74. The lowest BCUT2D eigenvalue weighted by atomic mass is 10.5. The van der Waals surface area contributed by atoms with Crippen LogP contribution in [0.5, 0.6) is 0 Å². The van der Waals surface area contributed by atoms with Gasteiger partial charge in [0.2, 0.25) is 0 Å². The summed E-state index contributed by atoms with van der Waals surface area (Å²) in [7, 11) is -4.32. The van der Waals surface area contributed by atoms with Crippen molar-refractivity contribution in [1.82, 2.24) is 4.98 Å². The first kappa shape index (κ1) is 7.17. The van der Waals surface area contributed by atoms with E-state index in [1.807, 2.05) is 0 Å². The molecule has 0 radical (unpaired) electrons. The Kier molecular flexibility index (Phi) is 1.69. The molecule has 0 spiro atoms. The van der Waals surface area contributed by atoms with Crippen molar-refractivity contribution in [3.8, 4) is 0 Å². The minimum Gasteiger partial charge on any atom is -0.744 e. The SMILES string of the molecule is O=S(=O)([O-])c1cccnc1. The summed E-state index contributed by atoms with van der Waals surface area (Å²) in [6.07, 6.45) is 2.41. The molecule has 0 aliphatic carbocycles. The minimum absolute atomic E-state index is 0.296. The van der Waals surface area contributed by atoms with E-state index in [4.69, 9.17) is 0 Å². The molecule has 54 valence electrons. The molecule has 0 aromatic carbocycles. The molecule has 10 heavy (non-hydrogen) atoms. The van der Waals surface area contributed by atoms with E-state index in [0.717, 1.165) is 6.20 Å². The largest absolute Gasteiger partial charge is 0.744 e. The highest BCUT2D eigenvalue weighted by Crippen LogP contribution is 2.02.